The first-order valence-corrected chi connectivity index (χ1v) is 6.57. The number of carbonyl (C=O) groups is 1. The predicted octanol–water partition coefficient (Wildman–Crippen LogP) is 3.71. The van der Waals surface area contributed by atoms with Gasteiger partial charge in [-0.15, -0.1) is 0 Å². The van der Waals surface area contributed by atoms with Gasteiger partial charge in [0.2, 0.25) is 0 Å². The van der Waals surface area contributed by atoms with Gasteiger partial charge in [0.25, 0.3) is 0 Å². The fourth-order valence-corrected chi connectivity index (χ4v) is 2.30. The van der Waals surface area contributed by atoms with Gasteiger partial charge in [0, 0.05) is 5.56 Å². The van der Waals surface area contributed by atoms with Crippen molar-refractivity contribution >= 4 is 17.5 Å². The summed E-state index contributed by atoms with van der Waals surface area (Å²) < 4.78 is 0. The topological polar surface area (TPSA) is 17.1 Å². The van der Waals surface area contributed by atoms with Gasteiger partial charge in [-0.1, -0.05) is 37.1 Å². The Morgan fingerprint density at radius 2 is 2.20 bits per heavy atom. The van der Waals surface area contributed by atoms with Crippen LogP contribution in [0.3, 0.4) is 0 Å². The van der Waals surface area contributed by atoms with E-state index < -0.39 is 0 Å². The number of aryl methyl sites for hydroxylation is 1. The Morgan fingerprint density at radius 1 is 1.40 bits per heavy atom. The molecule has 0 bridgehead atoms. The van der Waals surface area contributed by atoms with Crippen LogP contribution in [-0.2, 0) is 0 Å². The molecule has 0 aliphatic carbocycles. The Kier molecular flexibility index (Phi) is 5.48. The fourth-order valence-electron chi connectivity index (χ4n) is 1.31. The minimum absolute atomic E-state index is 0.250. The van der Waals surface area contributed by atoms with Crippen LogP contribution in [0.15, 0.2) is 24.3 Å². The highest BCUT2D eigenvalue weighted by Gasteiger charge is 2.04. The molecule has 82 valence electrons. The molecule has 1 rings (SSSR count). The molecular weight excluding hydrogens is 204 g/mol. The van der Waals surface area contributed by atoms with Crippen LogP contribution in [0.1, 0.15) is 35.7 Å². The highest BCUT2D eigenvalue weighted by molar-refractivity contribution is 7.99. The molecule has 0 radical (unpaired) electrons. The van der Waals surface area contributed by atoms with E-state index in [4.69, 9.17) is 0 Å². The Hall–Kier alpha value is -0.760. The van der Waals surface area contributed by atoms with Crippen LogP contribution in [0, 0.1) is 6.92 Å². The third-order valence-corrected chi connectivity index (χ3v) is 3.26. The van der Waals surface area contributed by atoms with Gasteiger partial charge in [0.15, 0.2) is 5.78 Å². The number of ketones is 1. The maximum absolute atomic E-state index is 11.7. The van der Waals surface area contributed by atoms with E-state index in [1.54, 1.807) is 11.8 Å². The summed E-state index contributed by atoms with van der Waals surface area (Å²) in [5.41, 5.74) is 2.00. The van der Waals surface area contributed by atoms with Crippen molar-refractivity contribution in [2.24, 2.45) is 0 Å². The number of unbranched alkanes of at least 4 members (excludes halogenated alkanes) is 1. The molecule has 0 amide bonds. The molecule has 1 nitrogen and oxygen atoms in total. The molecular formula is C13H18OS. The maximum Gasteiger partial charge on any atom is 0.172 e. The summed E-state index contributed by atoms with van der Waals surface area (Å²) in [4.78, 5) is 11.7. The zero-order valence-corrected chi connectivity index (χ0v) is 10.3. The quantitative estimate of drug-likeness (QED) is 0.539. The summed E-state index contributed by atoms with van der Waals surface area (Å²) in [6.07, 6.45) is 2.40. The van der Waals surface area contributed by atoms with E-state index in [1.807, 2.05) is 31.2 Å². The normalized spacial score (nSPS) is 10.3. The van der Waals surface area contributed by atoms with Crippen molar-refractivity contribution in [2.45, 2.75) is 26.7 Å². The number of hydrogen-bond acceptors (Lipinski definition) is 2. The van der Waals surface area contributed by atoms with Gasteiger partial charge < -0.3 is 0 Å². The molecule has 0 spiro atoms. The monoisotopic (exact) mass is 222 g/mol. The highest BCUT2D eigenvalue weighted by atomic mass is 32.2. The minimum atomic E-state index is 0.250. The van der Waals surface area contributed by atoms with Gasteiger partial charge >= 0.3 is 0 Å². The second-order valence-electron chi connectivity index (χ2n) is 3.70. The smallest absolute Gasteiger partial charge is 0.172 e. The summed E-state index contributed by atoms with van der Waals surface area (Å²) in [5, 5.41) is 0. The van der Waals surface area contributed by atoms with Gasteiger partial charge in [0.1, 0.15) is 0 Å². The van der Waals surface area contributed by atoms with Crippen LogP contribution in [0.4, 0.5) is 0 Å². The molecule has 0 saturated carbocycles. The zero-order chi connectivity index (χ0) is 11.1. The lowest BCUT2D eigenvalue weighted by molar-refractivity contribution is 0.102. The molecule has 0 N–H and O–H groups in total. The van der Waals surface area contributed by atoms with E-state index in [1.165, 1.54) is 12.8 Å². The molecule has 0 saturated heterocycles. The Morgan fingerprint density at radius 3 is 2.87 bits per heavy atom. The zero-order valence-electron chi connectivity index (χ0n) is 9.45. The first kappa shape index (κ1) is 12.3. The molecule has 0 aliphatic rings. The number of Topliss-reactive ketones (excluding diaryl/α,β-unsaturated/α-hetero) is 1. The SMILES string of the molecule is CCCCSCC(=O)c1cccc(C)c1. The summed E-state index contributed by atoms with van der Waals surface area (Å²) in [7, 11) is 0. The maximum atomic E-state index is 11.7. The number of carbonyl (C=O) groups excluding carboxylic acids is 1. The molecule has 0 unspecified atom stereocenters. The van der Waals surface area contributed by atoms with E-state index >= 15 is 0 Å². The Labute approximate surface area is 96.3 Å². The van der Waals surface area contributed by atoms with E-state index in [2.05, 4.69) is 6.92 Å². The van der Waals surface area contributed by atoms with Crippen LogP contribution in [-0.4, -0.2) is 17.3 Å². The lowest BCUT2D eigenvalue weighted by Gasteiger charge is -2.01. The average molecular weight is 222 g/mol. The molecule has 0 aliphatic heterocycles. The minimum Gasteiger partial charge on any atom is -0.293 e. The van der Waals surface area contributed by atoms with E-state index in [9.17, 15) is 4.79 Å². The molecule has 2 heteroatoms. The second-order valence-corrected chi connectivity index (χ2v) is 4.80. The first-order chi connectivity index (χ1) is 7.24. The van der Waals surface area contributed by atoms with Crippen molar-refractivity contribution in [1.29, 1.82) is 0 Å². The van der Waals surface area contributed by atoms with Gasteiger partial charge in [-0.3, -0.25) is 4.79 Å². The summed E-state index contributed by atoms with van der Waals surface area (Å²) >= 11 is 1.74. The molecule has 1 aromatic rings. The van der Waals surface area contributed by atoms with Crippen molar-refractivity contribution in [1.82, 2.24) is 0 Å². The largest absolute Gasteiger partial charge is 0.293 e. The lowest BCUT2D eigenvalue weighted by Crippen LogP contribution is -2.03. The molecule has 0 heterocycles. The van der Waals surface area contributed by atoms with Crippen molar-refractivity contribution in [3.63, 3.8) is 0 Å². The van der Waals surface area contributed by atoms with Gasteiger partial charge in [-0.05, 0) is 25.2 Å². The third-order valence-electron chi connectivity index (χ3n) is 2.22. The fraction of sp³-hybridized carbons (Fsp3) is 0.462. The van der Waals surface area contributed by atoms with E-state index in [0.717, 1.165) is 16.9 Å². The summed E-state index contributed by atoms with van der Waals surface area (Å²) in [6.45, 7) is 4.18. The molecule has 0 fully saturated rings. The standard InChI is InChI=1S/C13H18OS/c1-3-4-8-15-10-13(14)12-7-5-6-11(2)9-12/h5-7,9H,3-4,8,10H2,1-2H3. The van der Waals surface area contributed by atoms with Crippen molar-refractivity contribution < 1.29 is 4.79 Å². The molecule has 0 atom stereocenters. The molecule has 15 heavy (non-hydrogen) atoms. The van der Waals surface area contributed by atoms with Crippen LogP contribution in [0.5, 0.6) is 0 Å². The van der Waals surface area contributed by atoms with Gasteiger partial charge in [-0.25, -0.2) is 0 Å². The van der Waals surface area contributed by atoms with Crippen LogP contribution < -0.4 is 0 Å². The summed E-state index contributed by atoms with van der Waals surface area (Å²) in [6, 6.07) is 7.82. The third kappa shape index (κ3) is 4.52. The Bertz CT molecular complexity index is 320. The number of thioether (sulfide) groups is 1. The highest BCUT2D eigenvalue weighted by Crippen LogP contribution is 2.10. The second kappa shape index (κ2) is 6.67. The van der Waals surface area contributed by atoms with Crippen molar-refractivity contribution in [2.75, 3.05) is 11.5 Å². The lowest BCUT2D eigenvalue weighted by atomic mass is 10.1. The van der Waals surface area contributed by atoms with Crippen molar-refractivity contribution in [3.8, 4) is 0 Å². The molecule has 1 aromatic carbocycles. The summed E-state index contributed by atoms with van der Waals surface area (Å²) in [5.74, 6) is 1.96. The van der Waals surface area contributed by atoms with Gasteiger partial charge in [-0.2, -0.15) is 11.8 Å². The van der Waals surface area contributed by atoms with Crippen LogP contribution in [0.25, 0.3) is 0 Å². The predicted molar refractivity (Wildman–Crippen MR) is 67.7 cm³/mol. The average Bonchev–Trinajstić information content (AvgIpc) is 2.24. The number of hydrogen-bond donors (Lipinski definition) is 0. The van der Waals surface area contributed by atoms with Gasteiger partial charge in [0.05, 0.1) is 5.75 Å². The van der Waals surface area contributed by atoms with Crippen molar-refractivity contribution in [3.05, 3.63) is 35.4 Å². The van der Waals surface area contributed by atoms with Crippen LogP contribution in [0.2, 0.25) is 0 Å². The molecule has 0 aromatic heterocycles. The Balaban J connectivity index is 2.40. The van der Waals surface area contributed by atoms with Crippen LogP contribution >= 0.6 is 11.8 Å². The number of rotatable bonds is 6. The number of benzene rings is 1. The first-order valence-electron chi connectivity index (χ1n) is 5.41. The van der Waals surface area contributed by atoms with E-state index in [0.29, 0.717) is 5.75 Å². The van der Waals surface area contributed by atoms with E-state index in [-0.39, 0.29) is 5.78 Å².